The van der Waals surface area contributed by atoms with E-state index in [2.05, 4.69) is 6.07 Å². The van der Waals surface area contributed by atoms with E-state index in [0.29, 0.717) is 16.7 Å². The maximum absolute atomic E-state index is 14.0. The van der Waals surface area contributed by atoms with E-state index in [1.165, 1.54) is 44.6 Å². The van der Waals surface area contributed by atoms with Gasteiger partial charge in [-0.25, -0.2) is 0 Å². The molecule has 1 aliphatic carbocycles. The Morgan fingerprint density at radius 2 is 1.60 bits per heavy atom. The highest BCUT2D eigenvalue weighted by Crippen LogP contribution is 2.57. The van der Waals surface area contributed by atoms with Crippen molar-refractivity contribution in [1.82, 2.24) is 0 Å². The summed E-state index contributed by atoms with van der Waals surface area (Å²) in [6.07, 6.45) is 2.54. The first kappa shape index (κ1) is 30.7. The number of aliphatic hydroxyl groups is 1. The smallest absolute Gasteiger partial charge is 0.328 e. The molecule has 0 spiro atoms. The number of ether oxygens (including phenoxy) is 3. The topological polar surface area (TPSA) is 146 Å². The van der Waals surface area contributed by atoms with Gasteiger partial charge in [0.15, 0.2) is 34.2 Å². The van der Waals surface area contributed by atoms with E-state index >= 15 is 0 Å². The molecule has 9 heteroatoms. The minimum absolute atomic E-state index is 0.0178. The second-order valence-corrected chi connectivity index (χ2v) is 10.2. The molecule has 1 aliphatic rings. The Balaban J connectivity index is 1.99. The summed E-state index contributed by atoms with van der Waals surface area (Å²) in [5.41, 5.74) is 0.260. The number of aryl methyl sites for hydroxylation is 1. The van der Waals surface area contributed by atoms with Gasteiger partial charge >= 0.3 is 5.97 Å². The van der Waals surface area contributed by atoms with Crippen LogP contribution in [0, 0.1) is 23.7 Å². The maximum atomic E-state index is 14.0. The molecule has 0 amide bonds. The van der Waals surface area contributed by atoms with Gasteiger partial charge in [-0.1, -0.05) is 48.0 Å². The number of carbonyl (C=O) groups excluding carboxylic acids is 2. The van der Waals surface area contributed by atoms with Crippen molar-refractivity contribution in [2.24, 2.45) is 5.41 Å². The third-order valence-corrected chi connectivity index (χ3v) is 7.71. The number of nitriles is 1. The lowest BCUT2D eigenvalue weighted by atomic mass is 9.54. The largest absolute Gasteiger partial charge is 0.508 e. The molecule has 3 atom stereocenters. The van der Waals surface area contributed by atoms with Crippen molar-refractivity contribution in [3.8, 4) is 29.1 Å². The second-order valence-electron chi connectivity index (χ2n) is 10.2. The summed E-state index contributed by atoms with van der Waals surface area (Å²) in [6.45, 7) is 3.49. The summed E-state index contributed by atoms with van der Waals surface area (Å²) >= 11 is 0. The van der Waals surface area contributed by atoms with Gasteiger partial charge < -0.3 is 29.5 Å². The van der Waals surface area contributed by atoms with Crippen LogP contribution in [0.1, 0.15) is 47.4 Å². The van der Waals surface area contributed by atoms with Crippen molar-refractivity contribution in [3.63, 3.8) is 0 Å². The number of nitrogens with zero attached hydrogens (tertiary/aromatic N) is 1. The average molecular weight is 584 g/mol. The molecular weight excluding hydrogens is 550 g/mol. The highest BCUT2D eigenvalue weighted by Gasteiger charge is 2.61. The van der Waals surface area contributed by atoms with Gasteiger partial charge in [-0.05, 0) is 60.9 Å². The number of rotatable bonds is 8. The predicted molar refractivity (Wildman–Crippen MR) is 159 cm³/mol. The lowest BCUT2D eigenvalue weighted by molar-refractivity contribution is -0.155. The second kappa shape index (κ2) is 12.7. The van der Waals surface area contributed by atoms with Gasteiger partial charge in [-0.2, -0.15) is 5.26 Å². The third-order valence-electron chi connectivity index (χ3n) is 7.71. The normalized spacial score (nSPS) is 21.2. The molecule has 0 radical (unpaired) electrons. The van der Waals surface area contributed by atoms with Crippen molar-refractivity contribution in [3.05, 3.63) is 100 Å². The zero-order chi connectivity index (χ0) is 31.3. The number of aromatic hydroxyl groups is 2. The third kappa shape index (κ3) is 5.77. The SMILES string of the molecule is CCOC(=O)C1(C#N)C(c2ccc(O)c(OC)c2)CC(=O)C(=C(O)/C=C/c2ccc(O)c(OC)c2)C1c1ccc(C)cc1. The molecule has 4 rings (SSSR count). The Hall–Kier alpha value is -5.23. The summed E-state index contributed by atoms with van der Waals surface area (Å²) in [5, 5.41) is 42.5. The fourth-order valence-corrected chi connectivity index (χ4v) is 5.58. The lowest BCUT2D eigenvalue weighted by Crippen LogP contribution is -2.49. The average Bonchev–Trinajstić information content (AvgIpc) is 3.00. The number of esters is 1. The number of methoxy groups -OCH3 is 2. The number of carbonyl (C=O) groups is 2. The first-order valence-electron chi connectivity index (χ1n) is 13.6. The Kier molecular flexibility index (Phi) is 9.10. The fourth-order valence-electron chi connectivity index (χ4n) is 5.58. The molecule has 222 valence electrons. The number of hydrogen-bond donors (Lipinski definition) is 3. The molecule has 3 N–H and O–H groups in total. The summed E-state index contributed by atoms with van der Waals surface area (Å²) < 4.78 is 15.9. The van der Waals surface area contributed by atoms with Crippen LogP contribution in [0.5, 0.6) is 23.0 Å². The quantitative estimate of drug-likeness (QED) is 0.168. The van der Waals surface area contributed by atoms with Gasteiger partial charge in [0.25, 0.3) is 0 Å². The Labute approximate surface area is 249 Å². The van der Waals surface area contributed by atoms with E-state index in [4.69, 9.17) is 14.2 Å². The molecule has 3 aromatic carbocycles. The summed E-state index contributed by atoms with van der Waals surface area (Å²) in [7, 11) is 2.78. The Morgan fingerprint density at radius 3 is 2.21 bits per heavy atom. The van der Waals surface area contributed by atoms with Crippen LogP contribution >= 0.6 is 0 Å². The van der Waals surface area contributed by atoms with Crippen molar-refractivity contribution >= 4 is 17.8 Å². The molecule has 9 nitrogen and oxygen atoms in total. The van der Waals surface area contributed by atoms with Crippen molar-refractivity contribution < 1.29 is 39.1 Å². The summed E-state index contributed by atoms with van der Waals surface area (Å²) in [6, 6.07) is 18.3. The van der Waals surface area contributed by atoms with E-state index in [9.17, 15) is 30.2 Å². The van der Waals surface area contributed by atoms with E-state index in [1.807, 2.05) is 6.92 Å². The molecule has 0 aromatic heterocycles. The van der Waals surface area contributed by atoms with Crippen LogP contribution in [0.2, 0.25) is 0 Å². The number of ketones is 1. The first-order chi connectivity index (χ1) is 20.6. The Bertz CT molecular complexity index is 1630. The van der Waals surface area contributed by atoms with Crippen LogP contribution in [-0.4, -0.2) is 47.9 Å². The molecule has 0 saturated heterocycles. The lowest BCUT2D eigenvalue weighted by Gasteiger charge is -2.44. The van der Waals surface area contributed by atoms with E-state index in [0.717, 1.165) is 5.56 Å². The van der Waals surface area contributed by atoms with E-state index < -0.39 is 34.8 Å². The molecule has 0 aliphatic heterocycles. The minimum atomic E-state index is -1.99. The van der Waals surface area contributed by atoms with Gasteiger partial charge in [0, 0.05) is 23.8 Å². The molecule has 1 saturated carbocycles. The van der Waals surface area contributed by atoms with Crippen molar-refractivity contribution in [2.75, 3.05) is 20.8 Å². The first-order valence-corrected chi connectivity index (χ1v) is 13.6. The number of Topliss-reactive ketones (excluding diaryl/α,β-unsaturated/α-hetero) is 1. The van der Waals surface area contributed by atoms with Gasteiger partial charge in [-0.3, -0.25) is 9.59 Å². The molecule has 43 heavy (non-hydrogen) atoms. The summed E-state index contributed by atoms with van der Waals surface area (Å²) in [5.74, 6) is -3.83. The van der Waals surface area contributed by atoms with E-state index in [-0.39, 0.29) is 41.6 Å². The van der Waals surface area contributed by atoms with Gasteiger partial charge in [0.2, 0.25) is 0 Å². The monoisotopic (exact) mass is 583 g/mol. The van der Waals surface area contributed by atoms with E-state index in [1.54, 1.807) is 49.4 Å². The highest BCUT2D eigenvalue weighted by molar-refractivity contribution is 6.03. The van der Waals surface area contributed by atoms with Crippen LogP contribution in [0.15, 0.2) is 78.1 Å². The number of phenolic OH excluding ortho intramolecular Hbond substituents is 2. The highest BCUT2D eigenvalue weighted by atomic mass is 16.5. The van der Waals surface area contributed by atoms with Crippen LogP contribution in [0.4, 0.5) is 0 Å². The number of phenols is 2. The van der Waals surface area contributed by atoms with Gasteiger partial charge in [0.1, 0.15) is 5.76 Å². The predicted octanol–water partition coefficient (Wildman–Crippen LogP) is 5.86. The van der Waals surface area contributed by atoms with Gasteiger partial charge in [0.05, 0.1) is 26.9 Å². The van der Waals surface area contributed by atoms with Crippen molar-refractivity contribution in [2.45, 2.75) is 32.1 Å². The number of aliphatic hydroxyl groups excluding tert-OH is 1. The number of allylic oxidation sites excluding steroid dienone is 2. The van der Waals surface area contributed by atoms with Crippen LogP contribution in [0.25, 0.3) is 6.08 Å². The Morgan fingerprint density at radius 1 is 1.00 bits per heavy atom. The van der Waals surface area contributed by atoms with Crippen LogP contribution < -0.4 is 9.47 Å². The molecule has 0 heterocycles. The van der Waals surface area contributed by atoms with Crippen LogP contribution in [-0.2, 0) is 14.3 Å². The zero-order valence-corrected chi connectivity index (χ0v) is 24.3. The molecule has 1 fully saturated rings. The standard InChI is InChI=1S/C34H33NO8/c1-5-43-33(40)34(19-35)24(23-12-15-26(37)30(17-23)42-4)18-28(39)31(32(34)22-10-6-20(2)7-11-22)27(38)14-9-21-8-13-25(36)29(16-21)41-3/h6-17,24,32,36-38H,5,18H2,1-4H3/b14-9+,31-27?. The molecule has 0 bridgehead atoms. The van der Waals surface area contributed by atoms with Gasteiger partial charge in [-0.15, -0.1) is 0 Å². The molecule has 3 aromatic rings. The van der Waals surface area contributed by atoms with Crippen LogP contribution in [0.3, 0.4) is 0 Å². The number of hydrogen-bond acceptors (Lipinski definition) is 9. The molecular formula is C34H33NO8. The fraction of sp³-hybridized carbons (Fsp3) is 0.265. The number of benzene rings is 3. The van der Waals surface area contributed by atoms with Crippen molar-refractivity contribution in [1.29, 1.82) is 5.26 Å². The maximum Gasteiger partial charge on any atom is 0.328 e. The minimum Gasteiger partial charge on any atom is -0.508 e. The summed E-state index contributed by atoms with van der Waals surface area (Å²) in [4.78, 5) is 28.0. The molecule has 3 unspecified atom stereocenters. The zero-order valence-electron chi connectivity index (χ0n) is 24.3.